The lowest BCUT2D eigenvalue weighted by molar-refractivity contribution is 0.0524. The van der Waals surface area contributed by atoms with E-state index < -0.39 is 0 Å². The highest BCUT2D eigenvalue weighted by molar-refractivity contribution is 5.90. The molecular weight excluding hydrogens is 316 g/mol. The molecule has 0 fully saturated rings. The maximum atomic E-state index is 11.7. The van der Waals surface area contributed by atoms with Crippen molar-refractivity contribution in [2.75, 3.05) is 32.1 Å². The van der Waals surface area contributed by atoms with Gasteiger partial charge in [0.2, 0.25) is 5.95 Å². The van der Waals surface area contributed by atoms with E-state index in [0.717, 1.165) is 26.1 Å². The van der Waals surface area contributed by atoms with Crippen LogP contribution in [0.4, 0.5) is 5.95 Å². The fourth-order valence-electron chi connectivity index (χ4n) is 2.48. The van der Waals surface area contributed by atoms with E-state index in [-0.39, 0.29) is 5.97 Å². The molecule has 0 aliphatic carbocycles. The molecule has 2 rings (SSSR count). The van der Waals surface area contributed by atoms with Crippen LogP contribution in [0.2, 0.25) is 0 Å². The minimum atomic E-state index is -0.380. The fourth-order valence-corrected chi connectivity index (χ4v) is 2.48. The molecule has 0 saturated carbocycles. The van der Waals surface area contributed by atoms with Gasteiger partial charge in [0, 0.05) is 19.3 Å². The van der Waals surface area contributed by atoms with Gasteiger partial charge in [0.15, 0.2) is 0 Å². The largest absolute Gasteiger partial charge is 0.462 e. The van der Waals surface area contributed by atoms with Crippen LogP contribution in [0.15, 0.2) is 36.5 Å². The summed E-state index contributed by atoms with van der Waals surface area (Å²) in [5.74, 6) is 0.158. The molecule has 0 aliphatic rings. The molecule has 2 aromatic rings. The van der Waals surface area contributed by atoms with E-state index in [1.54, 1.807) is 13.8 Å². The molecule has 0 spiro atoms. The van der Waals surface area contributed by atoms with Gasteiger partial charge in [0.1, 0.15) is 0 Å². The number of hydrogen-bond acceptors (Lipinski definition) is 6. The number of hydrogen-bond donors (Lipinski definition) is 1. The molecule has 0 amide bonds. The summed E-state index contributed by atoms with van der Waals surface area (Å²) in [6, 6.07) is 10.4. The van der Waals surface area contributed by atoms with Gasteiger partial charge in [-0.3, -0.25) is 0 Å². The van der Waals surface area contributed by atoms with Crippen LogP contribution < -0.4 is 5.32 Å². The minimum Gasteiger partial charge on any atom is -0.462 e. The van der Waals surface area contributed by atoms with Gasteiger partial charge in [0.05, 0.1) is 17.9 Å². The molecule has 1 N–H and O–H groups in total. The Morgan fingerprint density at radius 1 is 1.28 bits per heavy atom. The number of ether oxygens (including phenoxy) is 1. The number of carbonyl (C=O) groups is 1. The normalized spacial score (nSPS) is 10.7. The Bertz CT molecular complexity index is 676. The van der Waals surface area contributed by atoms with Crippen LogP contribution in [0.5, 0.6) is 0 Å². The number of nitrogens with one attached hydrogen (secondary N) is 1. The summed E-state index contributed by atoms with van der Waals surface area (Å²) in [7, 11) is 2.11. The summed E-state index contributed by atoms with van der Waals surface area (Å²) in [6.45, 7) is 6.59. The van der Waals surface area contributed by atoms with Crippen LogP contribution in [-0.4, -0.2) is 47.6 Å². The molecule has 6 heteroatoms. The van der Waals surface area contributed by atoms with Crippen molar-refractivity contribution in [2.45, 2.75) is 26.8 Å². The standard InChI is InChI=1S/C19H26N4O2/c1-4-25-18(24)17-13-21-19(22-15(17)2)20-11-8-12-23(3)14-16-9-6-5-7-10-16/h5-7,9-10,13H,4,8,11-12,14H2,1-3H3,(H,20,21,22). The summed E-state index contributed by atoms with van der Waals surface area (Å²) >= 11 is 0. The van der Waals surface area contributed by atoms with E-state index in [9.17, 15) is 4.79 Å². The van der Waals surface area contributed by atoms with Crippen LogP contribution in [0.1, 0.15) is 35.0 Å². The lowest BCUT2D eigenvalue weighted by Crippen LogP contribution is -2.21. The number of anilines is 1. The summed E-state index contributed by atoms with van der Waals surface area (Å²) in [5, 5.41) is 3.20. The van der Waals surface area contributed by atoms with Gasteiger partial charge in [0.25, 0.3) is 0 Å². The maximum Gasteiger partial charge on any atom is 0.341 e. The number of aryl methyl sites for hydroxylation is 1. The van der Waals surface area contributed by atoms with E-state index in [0.29, 0.717) is 23.8 Å². The zero-order chi connectivity index (χ0) is 18.1. The first-order valence-electron chi connectivity index (χ1n) is 8.57. The number of aromatic nitrogens is 2. The highest BCUT2D eigenvalue weighted by Crippen LogP contribution is 2.09. The lowest BCUT2D eigenvalue weighted by Gasteiger charge is -2.16. The molecule has 0 aliphatic heterocycles. The molecule has 25 heavy (non-hydrogen) atoms. The number of carbonyl (C=O) groups excluding carboxylic acids is 1. The molecular formula is C19H26N4O2. The molecule has 0 atom stereocenters. The van der Waals surface area contributed by atoms with E-state index in [4.69, 9.17) is 4.74 Å². The van der Waals surface area contributed by atoms with Crippen molar-refractivity contribution in [1.82, 2.24) is 14.9 Å². The molecule has 0 radical (unpaired) electrons. The molecule has 1 aromatic heterocycles. The summed E-state index contributed by atoms with van der Waals surface area (Å²) in [4.78, 5) is 22.5. The van der Waals surface area contributed by atoms with Crippen molar-refractivity contribution < 1.29 is 9.53 Å². The Morgan fingerprint density at radius 3 is 2.72 bits per heavy atom. The Hall–Kier alpha value is -2.47. The molecule has 0 bridgehead atoms. The second-order valence-corrected chi connectivity index (χ2v) is 5.92. The average Bonchev–Trinajstić information content (AvgIpc) is 2.60. The lowest BCUT2D eigenvalue weighted by atomic mass is 10.2. The molecule has 0 unspecified atom stereocenters. The number of esters is 1. The van der Waals surface area contributed by atoms with E-state index in [1.807, 2.05) is 6.07 Å². The number of nitrogens with zero attached hydrogens (tertiary/aromatic N) is 3. The smallest absolute Gasteiger partial charge is 0.341 e. The van der Waals surface area contributed by atoms with Crippen LogP contribution in [-0.2, 0) is 11.3 Å². The van der Waals surface area contributed by atoms with Crippen molar-refractivity contribution in [2.24, 2.45) is 0 Å². The topological polar surface area (TPSA) is 67.3 Å². The van der Waals surface area contributed by atoms with Gasteiger partial charge in [-0.1, -0.05) is 30.3 Å². The molecule has 1 aromatic carbocycles. The SMILES string of the molecule is CCOC(=O)c1cnc(NCCCN(C)Cc2ccccc2)nc1C. The minimum absolute atomic E-state index is 0.342. The van der Waals surface area contributed by atoms with Crippen molar-refractivity contribution in [3.63, 3.8) is 0 Å². The second-order valence-electron chi connectivity index (χ2n) is 5.92. The fraction of sp³-hybridized carbons (Fsp3) is 0.421. The first kappa shape index (κ1) is 18.9. The highest BCUT2D eigenvalue weighted by atomic mass is 16.5. The van der Waals surface area contributed by atoms with Crippen molar-refractivity contribution >= 4 is 11.9 Å². The monoisotopic (exact) mass is 342 g/mol. The zero-order valence-electron chi connectivity index (χ0n) is 15.2. The first-order chi connectivity index (χ1) is 12.1. The molecule has 0 saturated heterocycles. The van der Waals surface area contributed by atoms with Gasteiger partial charge in [-0.25, -0.2) is 14.8 Å². The third kappa shape index (κ3) is 6.15. The van der Waals surface area contributed by atoms with Gasteiger partial charge in [-0.2, -0.15) is 0 Å². The molecule has 134 valence electrons. The Labute approximate surface area is 149 Å². The van der Waals surface area contributed by atoms with Crippen LogP contribution >= 0.6 is 0 Å². The number of rotatable bonds is 9. The van der Waals surface area contributed by atoms with Crippen LogP contribution in [0.3, 0.4) is 0 Å². The molecule has 1 heterocycles. The predicted octanol–water partition coefficient (Wildman–Crippen LogP) is 2.90. The summed E-state index contributed by atoms with van der Waals surface area (Å²) < 4.78 is 4.98. The third-order valence-electron chi connectivity index (χ3n) is 3.77. The average molecular weight is 342 g/mol. The summed E-state index contributed by atoms with van der Waals surface area (Å²) in [6.07, 6.45) is 2.50. The van der Waals surface area contributed by atoms with Gasteiger partial charge < -0.3 is 15.0 Å². The predicted molar refractivity (Wildman–Crippen MR) is 98.6 cm³/mol. The third-order valence-corrected chi connectivity index (χ3v) is 3.77. The van der Waals surface area contributed by atoms with Gasteiger partial charge in [-0.15, -0.1) is 0 Å². The zero-order valence-corrected chi connectivity index (χ0v) is 15.2. The maximum absolute atomic E-state index is 11.7. The van der Waals surface area contributed by atoms with Gasteiger partial charge in [-0.05, 0) is 39.4 Å². The van der Waals surface area contributed by atoms with Crippen LogP contribution in [0.25, 0.3) is 0 Å². The van der Waals surface area contributed by atoms with E-state index in [1.165, 1.54) is 11.8 Å². The van der Waals surface area contributed by atoms with Crippen molar-refractivity contribution in [3.8, 4) is 0 Å². The second kappa shape index (κ2) is 9.74. The highest BCUT2D eigenvalue weighted by Gasteiger charge is 2.12. The Kier molecular flexibility index (Phi) is 7.35. The van der Waals surface area contributed by atoms with E-state index in [2.05, 4.69) is 51.5 Å². The van der Waals surface area contributed by atoms with Gasteiger partial charge >= 0.3 is 5.97 Å². The van der Waals surface area contributed by atoms with Crippen molar-refractivity contribution in [1.29, 1.82) is 0 Å². The summed E-state index contributed by atoms with van der Waals surface area (Å²) in [5.41, 5.74) is 2.35. The van der Waals surface area contributed by atoms with Crippen LogP contribution in [0, 0.1) is 6.92 Å². The van der Waals surface area contributed by atoms with E-state index >= 15 is 0 Å². The van der Waals surface area contributed by atoms with Crippen molar-refractivity contribution in [3.05, 3.63) is 53.3 Å². The Morgan fingerprint density at radius 2 is 2.04 bits per heavy atom. The first-order valence-corrected chi connectivity index (χ1v) is 8.57. The molecule has 6 nitrogen and oxygen atoms in total. The Balaban J connectivity index is 1.74. The quantitative estimate of drug-likeness (QED) is 0.558. The number of benzene rings is 1.